The molecule has 0 aromatic carbocycles. The van der Waals surface area contributed by atoms with E-state index >= 15 is 0 Å². The summed E-state index contributed by atoms with van der Waals surface area (Å²) in [4.78, 5) is 39.3. The molecule has 4 aliphatic carbocycles. The summed E-state index contributed by atoms with van der Waals surface area (Å²) in [5.41, 5.74) is -0.182. The molecule has 0 spiro atoms. The summed E-state index contributed by atoms with van der Waals surface area (Å²) in [6, 6.07) is 0. The van der Waals surface area contributed by atoms with Crippen molar-refractivity contribution in [1.29, 1.82) is 0 Å². The number of ether oxygens (including phenoxy) is 2. The second kappa shape index (κ2) is 7.66. The Hall–Kier alpha value is -2.21. The van der Waals surface area contributed by atoms with E-state index in [-0.39, 0.29) is 47.8 Å². The van der Waals surface area contributed by atoms with Crippen LogP contribution in [0, 0.1) is 40.4 Å². The number of hydrogen-bond acceptors (Lipinski definition) is 6. The zero-order valence-electron chi connectivity index (χ0n) is 21.5. The van der Waals surface area contributed by atoms with Crippen LogP contribution in [0.25, 0.3) is 0 Å². The van der Waals surface area contributed by atoms with E-state index in [1.54, 1.807) is 0 Å². The highest BCUT2D eigenvalue weighted by Gasteiger charge is 2.68. The molecule has 0 radical (unpaired) electrons. The molecule has 10 unspecified atom stereocenters. The number of allylic oxidation sites excluding steroid dienone is 1. The van der Waals surface area contributed by atoms with Crippen LogP contribution in [-0.4, -0.2) is 40.6 Å². The standard InChI is InChI=1S/C30H38O6/c1-15-7-9-20-24(22-16(2)6-8-18(15)22)36-27(33)30(20,34)14-28(4)12-11-21(31)29(5)13-10-19-17(3)26(32)35-23(19)25(28)29/h18-20,22-25,34H,1-3,6-14H2,4-5H3. The fraction of sp³-hybridized carbons (Fsp3) is 0.700. The van der Waals surface area contributed by atoms with Crippen molar-refractivity contribution in [3.63, 3.8) is 0 Å². The lowest BCUT2D eigenvalue weighted by Gasteiger charge is -2.57. The highest BCUT2D eigenvalue weighted by molar-refractivity contribution is 5.92. The number of rotatable bonds is 2. The zero-order valence-corrected chi connectivity index (χ0v) is 21.5. The predicted molar refractivity (Wildman–Crippen MR) is 132 cm³/mol. The van der Waals surface area contributed by atoms with E-state index in [2.05, 4.69) is 26.7 Å². The number of Topliss-reactive ketones (excluding diaryl/α,β-unsaturated/α-hetero) is 1. The van der Waals surface area contributed by atoms with E-state index in [4.69, 9.17) is 9.47 Å². The molecule has 0 aromatic rings. The summed E-state index contributed by atoms with van der Waals surface area (Å²) < 4.78 is 11.9. The summed E-state index contributed by atoms with van der Waals surface area (Å²) in [6.07, 6.45) is 4.88. The van der Waals surface area contributed by atoms with Crippen molar-refractivity contribution in [3.8, 4) is 0 Å². The van der Waals surface area contributed by atoms with Gasteiger partial charge in [0.25, 0.3) is 0 Å². The van der Waals surface area contributed by atoms with Gasteiger partial charge in [0.15, 0.2) is 5.60 Å². The normalized spacial score (nSPS) is 50.1. The molecular weight excluding hydrogens is 456 g/mol. The summed E-state index contributed by atoms with van der Waals surface area (Å²) in [7, 11) is 0. The maximum atomic E-state index is 13.5. The highest BCUT2D eigenvalue weighted by Crippen LogP contribution is 2.64. The summed E-state index contributed by atoms with van der Waals surface area (Å²) in [5, 5.41) is 12.2. The molecule has 2 heterocycles. The van der Waals surface area contributed by atoms with Gasteiger partial charge in [-0.05, 0) is 62.7 Å². The molecule has 6 nitrogen and oxygen atoms in total. The first-order valence-corrected chi connectivity index (χ1v) is 13.6. The third-order valence-corrected chi connectivity index (χ3v) is 11.3. The van der Waals surface area contributed by atoms with E-state index in [1.165, 1.54) is 5.57 Å². The predicted octanol–water partition coefficient (Wildman–Crippen LogP) is 4.46. The SMILES string of the molecule is C=C1C(=O)OC2C1CCC1(C)C(=O)CCC(C)(CC3(O)C(=O)OC4C5C(=C)CCC5C(=C)CCC43)C21. The number of carbonyl (C=O) groups is 3. The number of hydrogen-bond donors (Lipinski definition) is 1. The van der Waals surface area contributed by atoms with Crippen molar-refractivity contribution in [2.75, 3.05) is 0 Å². The molecule has 6 fully saturated rings. The molecule has 1 N–H and O–H groups in total. The summed E-state index contributed by atoms with van der Waals surface area (Å²) >= 11 is 0. The van der Waals surface area contributed by atoms with Gasteiger partial charge in [-0.3, -0.25) is 4.79 Å². The first-order chi connectivity index (χ1) is 16.9. The molecule has 6 heteroatoms. The first kappa shape index (κ1) is 24.1. The molecular formula is C30H38O6. The summed E-state index contributed by atoms with van der Waals surface area (Å²) in [6.45, 7) is 16.7. The van der Waals surface area contributed by atoms with Gasteiger partial charge in [0, 0.05) is 41.1 Å². The molecule has 36 heavy (non-hydrogen) atoms. The first-order valence-electron chi connectivity index (χ1n) is 13.6. The number of fused-ring (bicyclic) bond motifs is 6. The van der Waals surface area contributed by atoms with Crippen LogP contribution in [0.5, 0.6) is 0 Å². The largest absolute Gasteiger partial charge is 0.459 e. The smallest absolute Gasteiger partial charge is 0.338 e. The Bertz CT molecular complexity index is 1100. The van der Waals surface area contributed by atoms with Crippen LogP contribution in [0.1, 0.15) is 71.6 Å². The molecule has 0 aromatic heterocycles. The molecule has 0 bridgehead atoms. The van der Waals surface area contributed by atoms with E-state index in [0.29, 0.717) is 37.7 Å². The number of aliphatic hydroxyl groups is 1. The Morgan fingerprint density at radius 1 is 0.889 bits per heavy atom. The van der Waals surface area contributed by atoms with Crippen LogP contribution in [-0.2, 0) is 23.9 Å². The van der Waals surface area contributed by atoms with Crippen LogP contribution in [0.4, 0.5) is 0 Å². The minimum atomic E-state index is -1.66. The van der Waals surface area contributed by atoms with Gasteiger partial charge in [-0.2, -0.15) is 0 Å². The van der Waals surface area contributed by atoms with Crippen LogP contribution < -0.4 is 0 Å². The van der Waals surface area contributed by atoms with Gasteiger partial charge in [0.05, 0.1) is 0 Å². The van der Waals surface area contributed by atoms with Crippen molar-refractivity contribution in [2.24, 2.45) is 40.4 Å². The molecule has 6 rings (SSSR count). The van der Waals surface area contributed by atoms with Gasteiger partial charge in [-0.1, -0.05) is 44.7 Å². The molecule has 2 saturated heterocycles. The van der Waals surface area contributed by atoms with Gasteiger partial charge in [-0.25, -0.2) is 9.59 Å². The van der Waals surface area contributed by atoms with Crippen LogP contribution in [0.3, 0.4) is 0 Å². The molecule has 0 amide bonds. The van der Waals surface area contributed by atoms with E-state index in [9.17, 15) is 19.5 Å². The summed E-state index contributed by atoms with van der Waals surface area (Å²) in [5.74, 6) is -1.27. The lowest BCUT2D eigenvalue weighted by Crippen LogP contribution is -2.60. The molecule has 2 aliphatic heterocycles. The third kappa shape index (κ3) is 3.03. The van der Waals surface area contributed by atoms with Crippen molar-refractivity contribution in [1.82, 2.24) is 0 Å². The Morgan fingerprint density at radius 2 is 1.61 bits per heavy atom. The average Bonchev–Trinajstić information content (AvgIpc) is 3.37. The second-order valence-electron chi connectivity index (χ2n) is 13.1. The van der Waals surface area contributed by atoms with E-state index < -0.39 is 34.6 Å². The lowest BCUT2D eigenvalue weighted by molar-refractivity contribution is -0.183. The lowest BCUT2D eigenvalue weighted by atomic mass is 9.46. The fourth-order valence-electron chi connectivity index (χ4n) is 9.45. The highest BCUT2D eigenvalue weighted by atomic mass is 16.6. The van der Waals surface area contributed by atoms with Crippen molar-refractivity contribution >= 4 is 17.7 Å². The Labute approximate surface area is 213 Å². The zero-order chi connectivity index (χ0) is 25.8. The van der Waals surface area contributed by atoms with Crippen LogP contribution >= 0.6 is 0 Å². The van der Waals surface area contributed by atoms with Gasteiger partial charge in [0.1, 0.15) is 18.0 Å². The van der Waals surface area contributed by atoms with Gasteiger partial charge in [0.2, 0.25) is 0 Å². The van der Waals surface area contributed by atoms with Gasteiger partial charge < -0.3 is 14.6 Å². The monoisotopic (exact) mass is 494 g/mol. The molecule has 194 valence electrons. The third-order valence-electron chi connectivity index (χ3n) is 11.3. The minimum absolute atomic E-state index is 0.00662. The molecule has 4 saturated carbocycles. The second-order valence-corrected chi connectivity index (χ2v) is 13.1. The van der Waals surface area contributed by atoms with E-state index in [1.807, 2.05) is 6.92 Å². The van der Waals surface area contributed by atoms with E-state index in [0.717, 1.165) is 24.8 Å². The fourth-order valence-corrected chi connectivity index (χ4v) is 9.45. The Morgan fingerprint density at radius 3 is 2.36 bits per heavy atom. The minimum Gasteiger partial charge on any atom is -0.459 e. The van der Waals surface area contributed by atoms with Gasteiger partial charge in [-0.15, -0.1) is 0 Å². The number of esters is 2. The Balaban J connectivity index is 1.38. The quantitative estimate of drug-likeness (QED) is 0.346. The Kier molecular flexibility index (Phi) is 5.13. The topological polar surface area (TPSA) is 89.9 Å². The average molecular weight is 495 g/mol. The van der Waals surface area contributed by atoms with Crippen molar-refractivity contribution < 1.29 is 29.0 Å². The molecule has 10 atom stereocenters. The van der Waals surface area contributed by atoms with Gasteiger partial charge >= 0.3 is 11.9 Å². The van der Waals surface area contributed by atoms with Crippen LogP contribution in [0.2, 0.25) is 0 Å². The van der Waals surface area contributed by atoms with Crippen molar-refractivity contribution in [2.45, 2.75) is 89.4 Å². The number of carbonyl (C=O) groups excluding carboxylic acids is 3. The molecule has 6 aliphatic rings. The maximum Gasteiger partial charge on any atom is 0.338 e. The maximum absolute atomic E-state index is 13.5. The number of ketones is 1. The van der Waals surface area contributed by atoms with Crippen molar-refractivity contribution in [3.05, 3.63) is 36.5 Å². The van der Waals surface area contributed by atoms with Crippen LogP contribution in [0.15, 0.2) is 36.5 Å².